The van der Waals surface area contributed by atoms with Gasteiger partial charge in [0.2, 0.25) is 0 Å². The van der Waals surface area contributed by atoms with Crippen LogP contribution in [0.2, 0.25) is 0 Å². The van der Waals surface area contributed by atoms with Crippen molar-refractivity contribution < 1.29 is 17.9 Å². The minimum absolute atomic E-state index is 0.127. The van der Waals surface area contributed by atoms with Gasteiger partial charge in [0.1, 0.15) is 18.3 Å². The normalized spacial score (nSPS) is 25.5. The molecule has 6 nitrogen and oxygen atoms in total. The molecule has 2 aliphatic rings. The highest BCUT2D eigenvalue weighted by molar-refractivity contribution is 8.15. The number of amidine groups is 1. The van der Waals surface area contributed by atoms with E-state index in [4.69, 9.17) is 15.7 Å². The second-order valence-electron chi connectivity index (χ2n) is 8.65. The number of rotatable bonds is 6. The van der Waals surface area contributed by atoms with Crippen LogP contribution in [0.4, 0.5) is 13.2 Å². The summed E-state index contributed by atoms with van der Waals surface area (Å²) < 4.78 is 49.4. The number of ether oxygens (including phenoxy) is 1. The van der Waals surface area contributed by atoms with E-state index in [-0.39, 0.29) is 23.1 Å². The van der Waals surface area contributed by atoms with Gasteiger partial charge in [-0.2, -0.15) is 5.26 Å². The lowest BCUT2D eigenvalue weighted by Crippen LogP contribution is -2.41. The summed E-state index contributed by atoms with van der Waals surface area (Å²) in [6.45, 7) is -0.713. The van der Waals surface area contributed by atoms with Gasteiger partial charge >= 0.3 is 0 Å². The molecule has 1 aliphatic heterocycles. The van der Waals surface area contributed by atoms with E-state index in [0.717, 1.165) is 6.07 Å². The number of hydrogen-bond donors (Lipinski definition) is 1. The lowest BCUT2D eigenvalue weighted by atomic mass is 9.83. The zero-order valence-electron chi connectivity index (χ0n) is 18.2. The molecule has 1 aromatic carbocycles. The van der Waals surface area contributed by atoms with Crippen LogP contribution in [0.3, 0.4) is 0 Å². The molecule has 2 aromatic heterocycles. The summed E-state index contributed by atoms with van der Waals surface area (Å²) in [5, 5.41) is 9.94. The number of pyridine rings is 2. The van der Waals surface area contributed by atoms with Crippen LogP contribution >= 0.6 is 11.8 Å². The van der Waals surface area contributed by atoms with E-state index in [9.17, 15) is 8.78 Å². The van der Waals surface area contributed by atoms with Gasteiger partial charge in [-0.05, 0) is 36.2 Å². The molecular formula is C24H20F3N5OS. The summed E-state index contributed by atoms with van der Waals surface area (Å²) in [6.07, 6.45) is 3.66. The Kier molecular flexibility index (Phi) is 5.49. The molecule has 1 aliphatic carbocycles. The molecule has 1 fully saturated rings. The van der Waals surface area contributed by atoms with E-state index in [1.165, 1.54) is 31.1 Å². The number of nitrogens with two attached hydrogens (primary N) is 1. The molecule has 1 saturated carbocycles. The van der Waals surface area contributed by atoms with Crippen molar-refractivity contribution in [2.45, 2.75) is 23.1 Å². The zero-order valence-corrected chi connectivity index (χ0v) is 19.0. The van der Waals surface area contributed by atoms with Crippen molar-refractivity contribution in [3.05, 3.63) is 70.7 Å². The Bertz CT molecular complexity index is 1380. The number of alkyl halides is 1. The van der Waals surface area contributed by atoms with Gasteiger partial charge < -0.3 is 10.5 Å². The molecule has 2 N–H and O–H groups in total. The van der Waals surface area contributed by atoms with Crippen LogP contribution in [0.1, 0.15) is 28.8 Å². The van der Waals surface area contributed by atoms with Crippen LogP contribution in [-0.2, 0) is 16.7 Å². The van der Waals surface area contributed by atoms with Gasteiger partial charge in [0.25, 0.3) is 0 Å². The summed E-state index contributed by atoms with van der Waals surface area (Å²) in [4.78, 5) is 13.0. The largest absolute Gasteiger partial charge is 0.383 e. The maximum absolute atomic E-state index is 15.2. The van der Waals surface area contributed by atoms with Gasteiger partial charge in [0.15, 0.2) is 16.8 Å². The van der Waals surface area contributed by atoms with E-state index in [1.54, 1.807) is 18.3 Å². The van der Waals surface area contributed by atoms with Crippen LogP contribution in [0.5, 0.6) is 0 Å². The van der Waals surface area contributed by atoms with Crippen molar-refractivity contribution in [2.24, 2.45) is 16.6 Å². The van der Waals surface area contributed by atoms with Crippen LogP contribution in [0.15, 0.2) is 41.7 Å². The molecular weight excluding hydrogens is 463 g/mol. The Balaban J connectivity index is 1.59. The predicted molar refractivity (Wildman–Crippen MR) is 123 cm³/mol. The molecule has 3 atom stereocenters. The van der Waals surface area contributed by atoms with Crippen molar-refractivity contribution in [2.75, 3.05) is 20.4 Å². The fourth-order valence-electron chi connectivity index (χ4n) is 4.95. The molecule has 0 unspecified atom stereocenters. The number of halogens is 3. The Morgan fingerprint density at radius 3 is 2.85 bits per heavy atom. The first-order valence-corrected chi connectivity index (χ1v) is 11.4. The van der Waals surface area contributed by atoms with E-state index in [0.29, 0.717) is 40.8 Å². The molecule has 34 heavy (non-hydrogen) atoms. The lowest BCUT2D eigenvalue weighted by molar-refractivity contribution is 0.176. The van der Waals surface area contributed by atoms with Gasteiger partial charge in [-0.15, -0.1) is 0 Å². The summed E-state index contributed by atoms with van der Waals surface area (Å²) in [7, 11) is 1.54. The van der Waals surface area contributed by atoms with Crippen molar-refractivity contribution in [3.63, 3.8) is 0 Å². The second kappa shape index (κ2) is 8.25. The third-order valence-corrected chi connectivity index (χ3v) is 7.82. The molecule has 0 saturated heterocycles. The fraction of sp³-hybridized carbons (Fsp3) is 0.333. The number of aromatic nitrogens is 2. The number of aliphatic imine (C=N–C) groups is 1. The Hall–Kier alpha value is -3.16. The Morgan fingerprint density at radius 1 is 1.29 bits per heavy atom. The minimum Gasteiger partial charge on any atom is -0.383 e. The highest BCUT2D eigenvalue weighted by Crippen LogP contribution is 2.66. The number of hydrogen-bond acceptors (Lipinski definition) is 7. The van der Waals surface area contributed by atoms with Crippen LogP contribution in [0, 0.1) is 28.9 Å². The maximum Gasteiger partial charge on any atom is 0.164 e. The average Bonchev–Trinajstić information content (AvgIpc) is 3.55. The average molecular weight is 484 g/mol. The SMILES string of the molecule is COC[C@]12C[C@H]1[C@@](CF)(c1cc(Cc3nccc4cc(C#N)cnc34)cc(F)c1F)N=C(N)S2. The molecule has 3 aromatic rings. The second-order valence-corrected chi connectivity index (χ2v) is 10.1. The molecule has 0 bridgehead atoms. The van der Waals surface area contributed by atoms with E-state index >= 15 is 4.39 Å². The topological polar surface area (TPSA) is 97.2 Å². The van der Waals surface area contributed by atoms with E-state index in [1.807, 2.05) is 6.07 Å². The number of nitriles is 1. The number of methoxy groups -OCH3 is 1. The summed E-state index contributed by atoms with van der Waals surface area (Å²) in [5.41, 5.74) is 6.12. The molecule has 3 heterocycles. The smallest absolute Gasteiger partial charge is 0.164 e. The van der Waals surface area contributed by atoms with Gasteiger partial charge in [0.05, 0.1) is 28.1 Å². The molecule has 0 spiro atoms. The summed E-state index contributed by atoms with van der Waals surface area (Å²) in [5.74, 6) is -2.61. The highest BCUT2D eigenvalue weighted by Gasteiger charge is 2.68. The standard InChI is InChI=1S/C24H20F3N5OS/c1-33-12-23-8-19(23)24(11-25,32-22(29)34-23)16-5-13(6-17(26)20(16)27)7-18-21-15(2-3-30-18)4-14(9-28)10-31-21/h2-6,10,19H,7-8,11-12H2,1H3,(H2,29,32)/t19-,23-,24-/m1/s1. The predicted octanol–water partition coefficient (Wildman–Crippen LogP) is 4.00. The summed E-state index contributed by atoms with van der Waals surface area (Å²) in [6, 6.07) is 7.97. The van der Waals surface area contributed by atoms with Gasteiger partial charge in [0, 0.05) is 42.8 Å². The van der Waals surface area contributed by atoms with Crippen LogP contribution in [-0.4, -0.2) is 40.3 Å². The molecule has 5 rings (SSSR count). The fourth-order valence-corrected chi connectivity index (χ4v) is 6.34. The Labute approximate surface area is 198 Å². The minimum atomic E-state index is -1.62. The summed E-state index contributed by atoms with van der Waals surface area (Å²) >= 11 is 1.30. The van der Waals surface area contributed by atoms with Crippen molar-refractivity contribution in [1.29, 1.82) is 5.26 Å². The maximum atomic E-state index is 15.2. The van der Waals surface area contributed by atoms with Crippen LogP contribution in [0.25, 0.3) is 10.9 Å². The third-order valence-electron chi connectivity index (χ3n) is 6.54. The molecule has 0 radical (unpaired) electrons. The Morgan fingerprint density at radius 2 is 2.12 bits per heavy atom. The van der Waals surface area contributed by atoms with Crippen molar-refractivity contribution in [3.8, 4) is 6.07 Å². The first-order chi connectivity index (χ1) is 16.4. The first kappa shape index (κ1) is 22.6. The van der Waals surface area contributed by atoms with Crippen LogP contribution < -0.4 is 5.73 Å². The monoisotopic (exact) mass is 483 g/mol. The van der Waals surface area contributed by atoms with E-state index in [2.05, 4.69) is 15.0 Å². The van der Waals surface area contributed by atoms with Crippen molar-refractivity contribution in [1.82, 2.24) is 9.97 Å². The molecule has 10 heteroatoms. The van der Waals surface area contributed by atoms with Crippen molar-refractivity contribution >= 4 is 27.8 Å². The quantitative estimate of drug-likeness (QED) is 0.569. The number of thioether (sulfide) groups is 1. The number of benzene rings is 1. The van der Waals surface area contributed by atoms with E-state index < -0.39 is 28.6 Å². The van der Waals surface area contributed by atoms with Gasteiger partial charge in [-0.25, -0.2) is 18.2 Å². The third kappa shape index (κ3) is 3.51. The number of nitrogens with zero attached hydrogens (tertiary/aromatic N) is 4. The highest BCUT2D eigenvalue weighted by atomic mass is 32.2. The zero-order chi connectivity index (χ0) is 24.1. The number of fused-ring (bicyclic) bond motifs is 2. The lowest BCUT2D eigenvalue weighted by Gasteiger charge is -2.35. The molecule has 0 amide bonds. The first-order valence-electron chi connectivity index (χ1n) is 10.6. The van der Waals surface area contributed by atoms with Gasteiger partial charge in [-0.3, -0.25) is 9.97 Å². The van der Waals surface area contributed by atoms with Gasteiger partial charge in [-0.1, -0.05) is 11.8 Å². The molecule has 174 valence electrons.